The van der Waals surface area contributed by atoms with Gasteiger partial charge in [0, 0.05) is 13.1 Å². The number of ether oxygens (including phenoxy) is 1. The Kier molecular flexibility index (Phi) is 6.91. The van der Waals surface area contributed by atoms with E-state index in [4.69, 9.17) is 4.74 Å². The Bertz CT molecular complexity index is 282. The number of amides is 1. The van der Waals surface area contributed by atoms with Gasteiger partial charge in [-0.15, -0.1) is 0 Å². The number of hydrogen-bond acceptors (Lipinski definition) is 4. The molecule has 0 aromatic carbocycles. The summed E-state index contributed by atoms with van der Waals surface area (Å²) in [6.45, 7) is 8.88. The second-order valence-electron chi connectivity index (χ2n) is 5.65. The minimum atomic E-state index is -0.764. The first kappa shape index (κ1) is 16.9. The van der Waals surface area contributed by atoms with Gasteiger partial charge in [-0.3, -0.25) is 9.59 Å². The Labute approximate surface area is 110 Å². The van der Waals surface area contributed by atoms with Crippen molar-refractivity contribution in [2.45, 2.75) is 27.7 Å². The zero-order chi connectivity index (χ0) is 14.3. The number of hydrogen-bond donors (Lipinski definition) is 1. The number of rotatable bonds is 6. The van der Waals surface area contributed by atoms with Crippen molar-refractivity contribution in [1.82, 2.24) is 10.2 Å². The summed E-state index contributed by atoms with van der Waals surface area (Å²) < 4.78 is 4.97. The summed E-state index contributed by atoms with van der Waals surface area (Å²) in [7, 11) is 3.86. The van der Waals surface area contributed by atoms with Crippen LogP contribution in [0.15, 0.2) is 0 Å². The quantitative estimate of drug-likeness (QED) is 0.568. The molecule has 0 aromatic rings. The lowest BCUT2D eigenvalue weighted by Gasteiger charge is -2.27. The summed E-state index contributed by atoms with van der Waals surface area (Å²) >= 11 is 0. The fourth-order valence-corrected chi connectivity index (χ4v) is 1.58. The van der Waals surface area contributed by atoms with E-state index in [0.717, 1.165) is 6.54 Å². The second-order valence-corrected chi connectivity index (χ2v) is 5.65. The van der Waals surface area contributed by atoms with Crippen molar-refractivity contribution in [3.05, 3.63) is 0 Å². The molecule has 0 saturated heterocycles. The molecule has 0 aliphatic carbocycles. The number of carbonyl (C=O) groups is 2. The van der Waals surface area contributed by atoms with Crippen molar-refractivity contribution in [1.29, 1.82) is 0 Å². The van der Waals surface area contributed by atoms with Crippen LogP contribution in [0.5, 0.6) is 0 Å². The number of nitrogens with zero attached hydrogens (tertiary/aromatic N) is 1. The first-order chi connectivity index (χ1) is 8.20. The van der Waals surface area contributed by atoms with Crippen LogP contribution in [0, 0.1) is 11.3 Å². The summed E-state index contributed by atoms with van der Waals surface area (Å²) in [5.74, 6) is -1.48. The minimum absolute atomic E-state index is 0.261. The van der Waals surface area contributed by atoms with E-state index in [-0.39, 0.29) is 12.5 Å². The highest BCUT2D eigenvalue weighted by atomic mass is 16.5. The van der Waals surface area contributed by atoms with Crippen LogP contribution >= 0.6 is 0 Å². The maximum absolute atomic E-state index is 12.1. The lowest BCUT2D eigenvalue weighted by atomic mass is 9.80. The van der Waals surface area contributed by atoms with Crippen molar-refractivity contribution in [2.24, 2.45) is 11.3 Å². The smallest absolute Gasteiger partial charge is 0.319 e. The van der Waals surface area contributed by atoms with Gasteiger partial charge in [0.25, 0.3) is 0 Å². The first-order valence-corrected chi connectivity index (χ1v) is 6.29. The summed E-state index contributed by atoms with van der Waals surface area (Å²) in [6, 6.07) is 0. The molecule has 5 heteroatoms. The molecular weight excluding hydrogens is 232 g/mol. The van der Waals surface area contributed by atoms with Crippen molar-refractivity contribution >= 4 is 11.9 Å². The molecule has 1 amide bonds. The van der Waals surface area contributed by atoms with Crippen LogP contribution in [0.25, 0.3) is 0 Å². The molecule has 1 atom stereocenters. The van der Waals surface area contributed by atoms with E-state index in [1.54, 1.807) is 6.92 Å². The van der Waals surface area contributed by atoms with Gasteiger partial charge in [-0.2, -0.15) is 0 Å². The lowest BCUT2D eigenvalue weighted by Crippen LogP contribution is -2.45. The van der Waals surface area contributed by atoms with Crippen LogP contribution in [0.1, 0.15) is 27.7 Å². The van der Waals surface area contributed by atoms with Crippen LogP contribution in [0.2, 0.25) is 0 Å². The number of likely N-dealkylation sites (N-methyl/N-ethyl adjacent to an activating group) is 1. The van der Waals surface area contributed by atoms with E-state index in [0.29, 0.717) is 6.54 Å². The molecule has 0 fully saturated rings. The van der Waals surface area contributed by atoms with E-state index in [9.17, 15) is 9.59 Å². The average molecular weight is 258 g/mol. The molecule has 0 bridgehead atoms. The molecule has 0 radical (unpaired) electrons. The molecule has 18 heavy (non-hydrogen) atoms. The zero-order valence-corrected chi connectivity index (χ0v) is 12.4. The van der Waals surface area contributed by atoms with Crippen LogP contribution in [-0.4, -0.2) is 50.6 Å². The summed E-state index contributed by atoms with van der Waals surface area (Å²) in [6.07, 6.45) is 0. The molecule has 0 spiro atoms. The zero-order valence-electron chi connectivity index (χ0n) is 12.4. The van der Waals surface area contributed by atoms with E-state index in [2.05, 4.69) is 5.32 Å². The number of carbonyl (C=O) groups excluding carboxylic acids is 2. The van der Waals surface area contributed by atoms with Gasteiger partial charge in [0.15, 0.2) is 0 Å². The summed E-state index contributed by atoms with van der Waals surface area (Å²) in [5, 5.41) is 2.78. The fraction of sp³-hybridized carbons (Fsp3) is 0.846. The molecule has 0 aliphatic heterocycles. The van der Waals surface area contributed by atoms with Gasteiger partial charge in [-0.1, -0.05) is 20.8 Å². The molecule has 0 heterocycles. The molecule has 0 aromatic heterocycles. The normalized spacial score (nSPS) is 13.3. The Morgan fingerprint density at radius 1 is 1.28 bits per heavy atom. The molecule has 1 unspecified atom stereocenters. The first-order valence-electron chi connectivity index (χ1n) is 6.29. The van der Waals surface area contributed by atoms with Gasteiger partial charge in [0.05, 0.1) is 6.61 Å². The van der Waals surface area contributed by atoms with Gasteiger partial charge in [-0.05, 0) is 26.4 Å². The maximum Gasteiger partial charge on any atom is 0.319 e. The Hall–Kier alpha value is -1.10. The highest BCUT2D eigenvalue weighted by Crippen LogP contribution is 2.27. The minimum Gasteiger partial charge on any atom is -0.465 e. The fourth-order valence-electron chi connectivity index (χ4n) is 1.58. The Balaban J connectivity index is 4.57. The average Bonchev–Trinajstić information content (AvgIpc) is 2.14. The highest BCUT2D eigenvalue weighted by Gasteiger charge is 2.38. The standard InChI is InChI=1S/C13H26N2O3/c1-7-18-12(17)10(13(2,3)4)11(16)14-8-9-15(5)6/h10H,7-9H2,1-6H3,(H,14,16). The predicted octanol–water partition coefficient (Wildman–Crippen LogP) is 0.890. The molecule has 1 N–H and O–H groups in total. The van der Waals surface area contributed by atoms with Crippen LogP contribution in [0.3, 0.4) is 0 Å². The van der Waals surface area contributed by atoms with Crippen LogP contribution in [0.4, 0.5) is 0 Å². The summed E-state index contributed by atoms with van der Waals surface area (Å²) in [4.78, 5) is 25.9. The van der Waals surface area contributed by atoms with Crippen LogP contribution in [-0.2, 0) is 14.3 Å². The van der Waals surface area contributed by atoms with Gasteiger partial charge in [0.1, 0.15) is 5.92 Å². The number of nitrogens with one attached hydrogen (secondary N) is 1. The van der Waals surface area contributed by atoms with E-state index >= 15 is 0 Å². The van der Waals surface area contributed by atoms with E-state index < -0.39 is 17.3 Å². The number of esters is 1. The van der Waals surface area contributed by atoms with Crippen molar-refractivity contribution < 1.29 is 14.3 Å². The van der Waals surface area contributed by atoms with Crippen LogP contribution < -0.4 is 5.32 Å². The monoisotopic (exact) mass is 258 g/mol. The Morgan fingerprint density at radius 3 is 2.22 bits per heavy atom. The van der Waals surface area contributed by atoms with Crippen molar-refractivity contribution in [2.75, 3.05) is 33.8 Å². The molecule has 5 nitrogen and oxygen atoms in total. The van der Waals surface area contributed by atoms with Gasteiger partial charge in [-0.25, -0.2) is 0 Å². The third-order valence-electron chi connectivity index (χ3n) is 2.51. The van der Waals surface area contributed by atoms with Gasteiger partial charge < -0.3 is 15.0 Å². The molecule has 106 valence electrons. The van der Waals surface area contributed by atoms with Crippen molar-refractivity contribution in [3.63, 3.8) is 0 Å². The Morgan fingerprint density at radius 2 is 1.83 bits per heavy atom. The third kappa shape index (κ3) is 6.00. The summed E-state index contributed by atoms with van der Waals surface area (Å²) in [5.41, 5.74) is -0.450. The molecule has 0 rings (SSSR count). The highest BCUT2D eigenvalue weighted by molar-refractivity contribution is 5.98. The SMILES string of the molecule is CCOC(=O)C(C(=O)NCCN(C)C)C(C)(C)C. The van der Waals surface area contributed by atoms with Crippen molar-refractivity contribution in [3.8, 4) is 0 Å². The topological polar surface area (TPSA) is 58.6 Å². The lowest BCUT2D eigenvalue weighted by molar-refractivity contribution is -0.156. The van der Waals surface area contributed by atoms with E-state index in [1.807, 2.05) is 39.8 Å². The second kappa shape index (κ2) is 7.36. The molecule has 0 saturated carbocycles. The third-order valence-corrected chi connectivity index (χ3v) is 2.51. The molecule has 0 aliphatic rings. The predicted molar refractivity (Wildman–Crippen MR) is 71.1 cm³/mol. The largest absolute Gasteiger partial charge is 0.465 e. The molecular formula is C13H26N2O3. The van der Waals surface area contributed by atoms with Gasteiger partial charge in [0.2, 0.25) is 5.91 Å². The van der Waals surface area contributed by atoms with E-state index in [1.165, 1.54) is 0 Å². The maximum atomic E-state index is 12.1. The van der Waals surface area contributed by atoms with Gasteiger partial charge >= 0.3 is 5.97 Å².